The number of hydrogen-bond donors (Lipinski definition) is 1. The number of aryl methyl sites for hydroxylation is 1. The summed E-state index contributed by atoms with van der Waals surface area (Å²) in [6.07, 6.45) is 0. The molecule has 0 aromatic heterocycles. The number of halogens is 1. The van der Waals surface area contributed by atoms with E-state index in [1.807, 2.05) is 19.1 Å². The average Bonchev–Trinajstić information content (AvgIpc) is 2.45. The molecule has 108 valence electrons. The molecule has 0 radical (unpaired) electrons. The van der Waals surface area contributed by atoms with Gasteiger partial charge in [0.15, 0.2) is 6.61 Å². The summed E-state index contributed by atoms with van der Waals surface area (Å²) in [5.41, 5.74) is 2.01. The van der Waals surface area contributed by atoms with Gasteiger partial charge in [0.2, 0.25) is 0 Å². The number of hydrogen-bond acceptors (Lipinski definition) is 3. The second-order valence-corrected chi connectivity index (χ2v) is 4.94. The predicted octanol–water partition coefficient (Wildman–Crippen LogP) is 3.44. The summed E-state index contributed by atoms with van der Waals surface area (Å²) in [4.78, 5) is 23.4. The van der Waals surface area contributed by atoms with Gasteiger partial charge in [0.05, 0.1) is 5.56 Å². The minimum atomic E-state index is -0.531. The van der Waals surface area contributed by atoms with E-state index in [1.54, 1.807) is 36.4 Å². The highest BCUT2D eigenvalue weighted by Crippen LogP contribution is 2.14. The molecule has 2 aromatic rings. The van der Waals surface area contributed by atoms with Gasteiger partial charge in [-0.2, -0.15) is 0 Å². The molecule has 0 heterocycles. The summed E-state index contributed by atoms with van der Waals surface area (Å²) >= 11 is 5.81. The van der Waals surface area contributed by atoms with E-state index < -0.39 is 11.9 Å². The maximum Gasteiger partial charge on any atom is 0.338 e. The van der Waals surface area contributed by atoms with Crippen LogP contribution in [0, 0.1) is 6.92 Å². The van der Waals surface area contributed by atoms with Gasteiger partial charge in [-0.25, -0.2) is 4.79 Å². The van der Waals surface area contributed by atoms with Gasteiger partial charge in [-0.15, -0.1) is 0 Å². The summed E-state index contributed by atoms with van der Waals surface area (Å²) in [6, 6.07) is 13.7. The standard InChI is InChI=1S/C16H14ClNO3/c1-11-5-7-12(8-6-11)16(20)21-10-15(19)18-14-4-2-3-13(17)9-14/h2-9H,10H2,1H3,(H,18,19). The van der Waals surface area contributed by atoms with E-state index >= 15 is 0 Å². The van der Waals surface area contributed by atoms with Crippen molar-refractivity contribution in [3.05, 3.63) is 64.7 Å². The van der Waals surface area contributed by atoms with Crippen LogP contribution in [-0.4, -0.2) is 18.5 Å². The number of ether oxygens (including phenoxy) is 1. The van der Waals surface area contributed by atoms with Crippen LogP contribution in [0.5, 0.6) is 0 Å². The Kier molecular flexibility index (Phi) is 4.95. The van der Waals surface area contributed by atoms with Crippen molar-refractivity contribution in [1.29, 1.82) is 0 Å². The second kappa shape index (κ2) is 6.90. The van der Waals surface area contributed by atoms with Crippen LogP contribution in [-0.2, 0) is 9.53 Å². The zero-order valence-corrected chi connectivity index (χ0v) is 12.2. The third-order valence-electron chi connectivity index (χ3n) is 2.73. The molecule has 0 atom stereocenters. The first-order valence-corrected chi connectivity index (χ1v) is 6.71. The number of benzene rings is 2. The molecule has 0 unspecified atom stereocenters. The molecule has 1 amide bonds. The van der Waals surface area contributed by atoms with Crippen molar-refractivity contribution in [3.63, 3.8) is 0 Å². The van der Waals surface area contributed by atoms with Crippen molar-refractivity contribution in [3.8, 4) is 0 Å². The molecule has 0 aliphatic rings. The van der Waals surface area contributed by atoms with Crippen LogP contribution >= 0.6 is 11.6 Å². The van der Waals surface area contributed by atoms with Gasteiger partial charge in [-0.1, -0.05) is 35.4 Å². The zero-order valence-electron chi connectivity index (χ0n) is 11.4. The Morgan fingerprint density at radius 1 is 1.14 bits per heavy atom. The van der Waals surface area contributed by atoms with Crippen LogP contribution in [0.2, 0.25) is 5.02 Å². The molecule has 0 saturated heterocycles. The number of carbonyl (C=O) groups is 2. The van der Waals surface area contributed by atoms with Crippen molar-refractivity contribution < 1.29 is 14.3 Å². The van der Waals surface area contributed by atoms with E-state index in [1.165, 1.54) is 0 Å². The largest absolute Gasteiger partial charge is 0.452 e. The molecule has 5 heteroatoms. The first-order chi connectivity index (χ1) is 10.0. The summed E-state index contributed by atoms with van der Waals surface area (Å²) in [5.74, 6) is -0.950. The van der Waals surface area contributed by atoms with Crippen molar-refractivity contribution >= 4 is 29.2 Å². The summed E-state index contributed by atoms with van der Waals surface area (Å²) < 4.78 is 4.95. The van der Waals surface area contributed by atoms with E-state index in [0.29, 0.717) is 16.3 Å². The fourth-order valence-corrected chi connectivity index (χ4v) is 1.86. The van der Waals surface area contributed by atoms with Crippen LogP contribution in [0.3, 0.4) is 0 Å². The molecule has 0 spiro atoms. The number of nitrogens with one attached hydrogen (secondary N) is 1. The molecule has 2 rings (SSSR count). The highest BCUT2D eigenvalue weighted by molar-refractivity contribution is 6.30. The number of rotatable bonds is 4. The van der Waals surface area contributed by atoms with E-state index in [-0.39, 0.29) is 6.61 Å². The summed E-state index contributed by atoms with van der Waals surface area (Å²) in [7, 11) is 0. The molecule has 2 aromatic carbocycles. The van der Waals surface area contributed by atoms with E-state index in [9.17, 15) is 9.59 Å². The van der Waals surface area contributed by atoms with Crippen LogP contribution in [0.1, 0.15) is 15.9 Å². The van der Waals surface area contributed by atoms with Crippen LogP contribution in [0.15, 0.2) is 48.5 Å². The molecule has 1 N–H and O–H groups in total. The van der Waals surface area contributed by atoms with Gasteiger partial charge < -0.3 is 10.1 Å². The Labute approximate surface area is 127 Å². The molecule has 0 bridgehead atoms. The Balaban J connectivity index is 1.86. The van der Waals surface area contributed by atoms with E-state index in [2.05, 4.69) is 5.32 Å². The lowest BCUT2D eigenvalue weighted by Gasteiger charge is -2.07. The van der Waals surface area contributed by atoms with Crippen LogP contribution in [0.4, 0.5) is 5.69 Å². The monoisotopic (exact) mass is 303 g/mol. The van der Waals surface area contributed by atoms with Gasteiger partial charge in [-0.05, 0) is 37.3 Å². The summed E-state index contributed by atoms with van der Waals surface area (Å²) in [5, 5.41) is 3.12. The lowest BCUT2D eigenvalue weighted by Crippen LogP contribution is -2.20. The van der Waals surface area contributed by atoms with Gasteiger partial charge in [0.1, 0.15) is 0 Å². The van der Waals surface area contributed by atoms with Gasteiger partial charge >= 0.3 is 5.97 Å². The van der Waals surface area contributed by atoms with E-state index in [0.717, 1.165) is 5.56 Å². The fourth-order valence-electron chi connectivity index (χ4n) is 1.67. The molecule has 4 nitrogen and oxygen atoms in total. The lowest BCUT2D eigenvalue weighted by molar-refractivity contribution is -0.119. The molecule has 21 heavy (non-hydrogen) atoms. The molecule has 0 aliphatic carbocycles. The van der Waals surface area contributed by atoms with Crippen LogP contribution < -0.4 is 5.32 Å². The number of anilines is 1. The average molecular weight is 304 g/mol. The maximum absolute atomic E-state index is 11.7. The molecule has 0 aliphatic heterocycles. The van der Waals surface area contributed by atoms with Crippen molar-refractivity contribution in [2.45, 2.75) is 6.92 Å². The normalized spacial score (nSPS) is 10.0. The fraction of sp³-hybridized carbons (Fsp3) is 0.125. The van der Waals surface area contributed by atoms with Crippen molar-refractivity contribution in [2.75, 3.05) is 11.9 Å². The number of amides is 1. The first kappa shape index (κ1) is 15.1. The maximum atomic E-state index is 11.7. The minimum Gasteiger partial charge on any atom is -0.452 e. The zero-order chi connectivity index (χ0) is 15.2. The molecular weight excluding hydrogens is 290 g/mol. The SMILES string of the molecule is Cc1ccc(C(=O)OCC(=O)Nc2cccc(Cl)c2)cc1. The Morgan fingerprint density at radius 3 is 2.52 bits per heavy atom. The summed E-state index contributed by atoms with van der Waals surface area (Å²) in [6.45, 7) is 1.58. The van der Waals surface area contributed by atoms with Crippen LogP contribution in [0.25, 0.3) is 0 Å². The predicted molar refractivity (Wildman–Crippen MR) is 81.5 cm³/mol. The lowest BCUT2D eigenvalue weighted by atomic mass is 10.1. The topological polar surface area (TPSA) is 55.4 Å². The minimum absolute atomic E-state index is 0.348. The molecule has 0 saturated carbocycles. The second-order valence-electron chi connectivity index (χ2n) is 4.50. The van der Waals surface area contributed by atoms with E-state index in [4.69, 9.17) is 16.3 Å². The van der Waals surface area contributed by atoms with Gasteiger partial charge in [-0.3, -0.25) is 4.79 Å². The Morgan fingerprint density at radius 2 is 1.86 bits per heavy atom. The van der Waals surface area contributed by atoms with Gasteiger partial charge in [0, 0.05) is 10.7 Å². The molecule has 0 fully saturated rings. The third-order valence-corrected chi connectivity index (χ3v) is 2.97. The Hall–Kier alpha value is -2.33. The highest BCUT2D eigenvalue weighted by atomic mass is 35.5. The van der Waals surface area contributed by atoms with Crippen molar-refractivity contribution in [2.24, 2.45) is 0 Å². The quantitative estimate of drug-likeness (QED) is 0.880. The smallest absolute Gasteiger partial charge is 0.338 e. The molecular formula is C16H14ClNO3. The number of carbonyl (C=O) groups excluding carboxylic acids is 2. The number of esters is 1. The van der Waals surface area contributed by atoms with Crippen molar-refractivity contribution in [1.82, 2.24) is 0 Å². The highest BCUT2D eigenvalue weighted by Gasteiger charge is 2.10. The van der Waals surface area contributed by atoms with Gasteiger partial charge in [0.25, 0.3) is 5.91 Å². The Bertz CT molecular complexity index is 653. The first-order valence-electron chi connectivity index (χ1n) is 6.34. The third kappa shape index (κ3) is 4.61.